The van der Waals surface area contributed by atoms with Crippen LogP contribution < -0.4 is 0 Å². The molecule has 2 fully saturated rings. The Bertz CT molecular complexity index is 914. The van der Waals surface area contributed by atoms with Gasteiger partial charge in [-0.3, -0.25) is 4.90 Å². The van der Waals surface area contributed by atoms with Crippen LogP contribution in [0.15, 0.2) is 17.5 Å². The molecule has 2 atom stereocenters. The molecule has 9 heteroatoms. The van der Waals surface area contributed by atoms with Crippen LogP contribution in [0.3, 0.4) is 0 Å². The molecule has 2 aliphatic rings. The fraction of sp³-hybridized carbons (Fsp3) is 0.625. The molecule has 2 aromatic heterocycles. The third kappa shape index (κ3) is 3.34. The molecule has 25 heavy (non-hydrogen) atoms. The number of aromatic nitrogens is 3. The Kier molecular flexibility index (Phi) is 4.59. The monoisotopic (exact) mass is 398 g/mol. The predicted molar refractivity (Wildman–Crippen MR) is 101 cm³/mol. The second kappa shape index (κ2) is 6.61. The van der Waals surface area contributed by atoms with Gasteiger partial charge in [0.05, 0.1) is 18.2 Å². The third-order valence-corrected chi connectivity index (χ3v) is 8.45. The Morgan fingerprint density at radius 3 is 2.92 bits per heavy atom. The van der Waals surface area contributed by atoms with Crippen molar-refractivity contribution in [3.05, 3.63) is 33.0 Å². The highest BCUT2D eigenvalue weighted by Gasteiger charge is 2.33. The zero-order chi connectivity index (χ0) is 17.6. The van der Waals surface area contributed by atoms with Gasteiger partial charge in [0.1, 0.15) is 5.82 Å². The molecule has 0 bridgehead atoms. The van der Waals surface area contributed by atoms with Crippen molar-refractivity contribution in [2.45, 2.75) is 37.9 Å². The van der Waals surface area contributed by atoms with Crippen molar-refractivity contribution in [3.8, 4) is 0 Å². The Hall–Kier alpha value is -1.03. The van der Waals surface area contributed by atoms with Crippen molar-refractivity contribution < 1.29 is 8.42 Å². The summed E-state index contributed by atoms with van der Waals surface area (Å²) < 4.78 is 28.0. The number of hydrogen-bond acceptors (Lipinski definition) is 6. The van der Waals surface area contributed by atoms with Gasteiger partial charge in [0.15, 0.2) is 14.6 Å². The smallest absolute Gasteiger partial charge is 0.198 e. The number of nitrogens with zero attached hydrogens (tertiary/aromatic N) is 4. The largest absolute Gasteiger partial charge is 0.307 e. The lowest BCUT2D eigenvalue weighted by molar-refractivity contribution is 0.191. The van der Waals surface area contributed by atoms with Crippen LogP contribution in [0.1, 0.15) is 41.9 Å². The van der Waals surface area contributed by atoms with E-state index in [0.29, 0.717) is 23.9 Å². The maximum atomic E-state index is 11.8. The van der Waals surface area contributed by atoms with Crippen molar-refractivity contribution in [1.82, 2.24) is 19.2 Å². The van der Waals surface area contributed by atoms with Crippen LogP contribution in [0.2, 0.25) is 0 Å². The highest BCUT2D eigenvalue weighted by molar-refractivity contribution is 7.91. The van der Waals surface area contributed by atoms with Gasteiger partial charge in [-0.2, -0.15) is 5.10 Å². The molecular weight excluding hydrogens is 376 g/mol. The van der Waals surface area contributed by atoms with Gasteiger partial charge >= 0.3 is 0 Å². The SMILES string of the molecule is Cn1c(C2CCS(=O)(=O)C2)nn(CN2CCCC2c2cccs2)c1=S. The molecule has 2 aromatic rings. The van der Waals surface area contributed by atoms with Crippen LogP contribution in [-0.2, 0) is 23.6 Å². The maximum Gasteiger partial charge on any atom is 0.198 e. The van der Waals surface area contributed by atoms with Gasteiger partial charge in [0.2, 0.25) is 0 Å². The highest BCUT2D eigenvalue weighted by atomic mass is 32.2. The summed E-state index contributed by atoms with van der Waals surface area (Å²) >= 11 is 7.37. The molecule has 0 aliphatic carbocycles. The van der Waals surface area contributed by atoms with E-state index in [4.69, 9.17) is 17.3 Å². The van der Waals surface area contributed by atoms with Gasteiger partial charge in [-0.1, -0.05) is 6.07 Å². The van der Waals surface area contributed by atoms with Crippen LogP contribution in [-0.4, -0.2) is 45.7 Å². The van der Waals surface area contributed by atoms with E-state index in [1.807, 2.05) is 16.3 Å². The first-order chi connectivity index (χ1) is 11.9. The van der Waals surface area contributed by atoms with E-state index in [9.17, 15) is 8.42 Å². The topological polar surface area (TPSA) is 60.1 Å². The second-order valence-corrected chi connectivity index (χ2v) is 10.5. The molecule has 4 rings (SSSR count). The Balaban J connectivity index is 1.57. The molecule has 6 nitrogen and oxygen atoms in total. The first kappa shape index (κ1) is 17.4. The van der Waals surface area contributed by atoms with Gasteiger partial charge in [-0.25, -0.2) is 13.1 Å². The molecule has 0 amide bonds. The fourth-order valence-electron chi connectivity index (χ4n) is 3.92. The average Bonchev–Trinajstić information content (AvgIpc) is 3.32. The van der Waals surface area contributed by atoms with Gasteiger partial charge in [-0.05, 0) is 42.9 Å². The van der Waals surface area contributed by atoms with E-state index < -0.39 is 9.84 Å². The molecular formula is C16H22N4O2S3. The highest BCUT2D eigenvalue weighted by Crippen LogP contribution is 2.35. The first-order valence-electron chi connectivity index (χ1n) is 8.56. The van der Waals surface area contributed by atoms with Crippen LogP contribution in [0.5, 0.6) is 0 Å². The summed E-state index contributed by atoms with van der Waals surface area (Å²) in [4.78, 5) is 3.81. The van der Waals surface area contributed by atoms with E-state index in [0.717, 1.165) is 18.8 Å². The molecule has 136 valence electrons. The van der Waals surface area contributed by atoms with Crippen molar-refractivity contribution >= 4 is 33.4 Å². The minimum absolute atomic E-state index is 0.0374. The molecule has 2 saturated heterocycles. The minimum Gasteiger partial charge on any atom is -0.307 e. The van der Waals surface area contributed by atoms with E-state index >= 15 is 0 Å². The number of likely N-dealkylation sites (tertiary alicyclic amines) is 1. The molecule has 4 heterocycles. The second-order valence-electron chi connectivity index (χ2n) is 6.93. The zero-order valence-electron chi connectivity index (χ0n) is 14.2. The maximum absolute atomic E-state index is 11.8. The predicted octanol–water partition coefficient (Wildman–Crippen LogP) is 2.71. The van der Waals surface area contributed by atoms with Crippen molar-refractivity contribution in [2.75, 3.05) is 18.1 Å². The molecule has 0 N–H and O–H groups in total. The molecule has 0 radical (unpaired) electrons. The summed E-state index contributed by atoms with van der Waals surface area (Å²) in [5, 5.41) is 6.83. The zero-order valence-corrected chi connectivity index (χ0v) is 16.6. The first-order valence-corrected chi connectivity index (χ1v) is 11.7. The summed E-state index contributed by atoms with van der Waals surface area (Å²) in [6.45, 7) is 1.70. The average molecular weight is 399 g/mol. The lowest BCUT2D eigenvalue weighted by atomic mass is 10.1. The number of sulfone groups is 1. The normalized spacial score (nSPS) is 26.4. The molecule has 0 aromatic carbocycles. The third-order valence-electron chi connectivity index (χ3n) is 5.22. The summed E-state index contributed by atoms with van der Waals surface area (Å²) in [6, 6.07) is 4.72. The molecule has 2 unspecified atom stereocenters. The number of thiophene rings is 1. The molecule has 0 saturated carbocycles. The Morgan fingerprint density at radius 1 is 1.40 bits per heavy atom. The lowest BCUT2D eigenvalue weighted by Gasteiger charge is -2.23. The van der Waals surface area contributed by atoms with E-state index in [1.165, 1.54) is 11.3 Å². The summed E-state index contributed by atoms with van der Waals surface area (Å²) in [7, 11) is -1.03. The Labute approximate surface area is 157 Å². The van der Waals surface area contributed by atoms with E-state index in [1.54, 1.807) is 11.3 Å². The van der Waals surface area contributed by atoms with Crippen molar-refractivity contribution in [2.24, 2.45) is 7.05 Å². The molecule has 0 spiro atoms. The van der Waals surface area contributed by atoms with Gasteiger partial charge in [-0.15, -0.1) is 11.3 Å². The van der Waals surface area contributed by atoms with E-state index in [2.05, 4.69) is 22.4 Å². The van der Waals surface area contributed by atoms with Crippen LogP contribution in [0.25, 0.3) is 0 Å². The quantitative estimate of drug-likeness (QED) is 0.741. The van der Waals surface area contributed by atoms with Gasteiger partial charge in [0, 0.05) is 30.4 Å². The summed E-state index contributed by atoms with van der Waals surface area (Å²) in [5.41, 5.74) is 0. The van der Waals surface area contributed by atoms with Crippen LogP contribution in [0.4, 0.5) is 0 Å². The lowest BCUT2D eigenvalue weighted by Crippen LogP contribution is -2.26. The van der Waals surface area contributed by atoms with Crippen LogP contribution in [0, 0.1) is 4.77 Å². The number of hydrogen-bond donors (Lipinski definition) is 0. The van der Waals surface area contributed by atoms with E-state index in [-0.39, 0.29) is 17.4 Å². The standard InChI is InChI=1S/C16H22N4O2S3/c1-18-15(12-6-9-25(21,22)10-12)17-20(16(18)23)11-19-7-2-4-13(19)14-5-3-8-24-14/h3,5,8,12-13H,2,4,6-7,9-11H2,1H3. The Morgan fingerprint density at radius 2 is 2.24 bits per heavy atom. The van der Waals surface area contributed by atoms with Crippen molar-refractivity contribution in [1.29, 1.82) is 0 Å². The molecule has 2 aliphatic heterocycles. The number of rotatable bonds is 4. The van der Waals surface area contributed by atoms with Crippen LogP contribution >= 0.6 is 23.6 Å². The minimum atomic E-state index is -2.93. The summed E-state index contributed by atoms with van der Waals surface area (Å²) in [5.74, 6) is 1.21. The van der Waals surface area contributed by atoms with Crippen molar-refractivity contribution in [3.63, 3.8) is 0 Å². The van der Waals surface area contributed by atoms with Gasteiger partial charge < -0.3 is 4.57 Å². The fourth-order valence-corrected chi connectivity index (χ4v) is 6.75. The van der Waals surface area contributed by atoms with Gasteiger partial charge in [0.25, 0.3) is 0 Å². The summed E-state index contributed by atoms with van der Waals surface area (Å²) in [6.07, 6.45) is 2.98.